The number of aliphatic hydroxyl groups excluding tert-OH is 1. The van der Waals surface area contributed by atoms with Gasteiger partial charge in [0, 0.05) is 31.1 Å². The number of aliphatic hydroxyl groups is 1. The Kier molecular flexibility index (Phi) is 5.54. The van der Waals surface area contributed by atoms with Crippen molar-refractivity contribution >= 4 is 23.4 Å². The van der Waals surface area contributed by atoms with Gasteiger partial charge < -0.3 is 15.3 Å². The molecule has 1 aliphatic heterocycles. The molecule has 0 aromatic heterocycles. The summed E-state index contributed by atoms with van der Waals surface area (Å²) in [5, 5.41) is 13.3. The van der Waals surface area contributed by atoms with Gasteiger partial charge in [-0.2, -0.15) is 0 Å². The third kappa shape index (κ3) is 3.64. The molecular formula is C21H19FN2O4. The topological polar surface area (TPSA) is 86.7 Å². The number of nitrogens with zero attached hydrogens (tertiary/aromatic N) is 1. The lowest BCUT2D eigenvalue weighted by molar-refractivity contribution is -0.140. The summed E-state index contributed by atoms with van der Waals surface area (Å²) >= 11 is 0. The predicted octanol–water partition coefficient (Wildman–Crippen LogP) is 2.38. The van der Waals surface area contributed by atoms with E-state index in [1.165, 1.54) is 30.0 Å². The zero-order valence-electron chi connectivity index (χ0n) is 15.2. The first-order valence-corrected chi connectivity index (χ1v) is 8.74. The smallest absolute Gasteiger partial charge is 0.295 e. The zero-order chi connectivity index (χ0) is 20.3. The van der Waals surface area contributed by atoms with Crippen LogP contribution in [0.2, 0.25) is 0 Å². The Bertz CT molecular complexity index is 956. The summed E-state index contributed by atoms with van der Waals surface area (Å²) in [5.41, 5.74) is 0.273. The third-order valence-electron chi connectivity index (χ3n) is 4.51. The highest BCUT2D eigenvalue weighted by atomic mass is 19.1. The molecule has 7 heteroatoms. The molecule has 0 unspecified atom stereocenters. The van der Waals surface area contributed by atoms with Gasteiger partial charge in [-0.25, -0.2) is 4.39 Å². The van der Waals surface area contributed by atoms with E-state index in [2.05, 4.69) is 5.32 Å². The van der Waals surface area contributed by atoms with Gasteiger partial charge in [0.25, 0.3) is 11.7 Å². The molecular weight excluding hydrogens is 363 g/mol. The molecule has 6 nitrogen and oxygen atoms in total. The van der Waals surface area contributed by atoms with E-state index >= 15 is 0 Å². The van der Waals surface area contributed by atoms with Crippen molar-refractivity contribution in [1.82, 2.24) is 10.2 Å². The quantitative estimate of drug-likeness (QED) is 0.472. The van der Waals surface area contributed by atoms with Crippen LogP contribution in [0.15, 0.2) is 60.2 Å². The number of rotatable bonds is 5. The van der Waals surface area contributed by atoms with Gasteiger partial charge in [0.05, 0.1) is 11.6 Å². The maximum absolute atomic E-state index is 14.5. The summed E-state index contributed by atoms with van der Waals surface area (Å²) in [6, 6.07) is 13.0. The van der Waals surface area contributed by atoms with Gasteiger partial charge in [0.1, 0.15) is 11.6 Å². The van der Waals surface area contributed by atoms with Crippen LogP contribution in [0.3, 0.4) is 0 Å². The molecule has 1 aliphatic rings. The molecule has 1 fully saturated rings. The molecule has 2 N–H and O–H groups in total. The molecule has 0 saturated carbocycles. The minimum atomic E-state index is -1.09. The molecule has 144 valence electrons. The number of hydrogen-bond donors (Lipinski definition) is 2. The van der Waals surface area contributed by atoms with E-state index in [9.17, 15) is 23.9 Å². The van der Waals surface area contributed by atoms with Gasteiger partial charge >= 0.3 is 0 Å². The van der Waals surface area contributed by atoms with Crippen LogP contribution in [-0.4, -0.2) is 40.7 Å². The van der Waals surface area contributed by atoms with Crippen LogP contribution in [0.4, 0.5) is 4.39 Å². The number of amides is 2. The number of hydrogen-bond acceptors (Lipinski definition) is 4. The Hall–Kier alpha value is -3.48. The molecule has 1 atom stereocenters. The van der Waals surface area contributed by atoms with Gasteiger partial charge in [0.15, 0.2) is 0 Å². The van der Waals surface area contributed by atoms with Gasteiger partial charge in [-0.1, -0.05) is 48.5 Å². The standard InChI is InChI=1S/C21H19FN2O4/c1-13(25)23-11-12-24-18(15-9-5-6-10-16(15)22)17(20(27)21(24)28)19(26)14-7-3-2-4-8-14/h2-10,18,26H,11-12H2,1H3,(H,23,25)/b19-17+/t18-/m0/s1. The largest absolute Gasteiger partial charge is 0.507 e. The Labute approximate surface area is 161 Å². The molecule has 28 heavy (non-hydrogen) atoms. The molecule has 1 heterocycles. The highest BCUT2D eigenvalue weighted by molar-refractivity contribution is 6.46. The minimum Gasteiger partial charge on any atom is -0.507 e. The van der Waals surface area contributed by atoms with Gasteiger partial charge in [-0.3, -0.25) is 14.4 Å². The number of carbonyl (C=O) groups is 3. The van der Waals surface area contributed by atoms with E-state index in [-0.39, 0.29) is 35.9 Å². The summed E-state index contributed by atoms with van der Waals surface area (Å²) in [6.45, 7) is 1.42. The van der Waals surface area contributed by atoms with Crippen molar-refractivity contribution in [2.75, 3.05) is 13.1 Å². The number of benzene rings is 2. The number of carbonyl (C=O) groups excluding carboxylic acids is 3. The molecule has 1 saturated heterocycles. The van der Waals surface area contributed by atoms with Crippen LogP contribution in [0.1, 0.15) is 24.1 Å². The lowest BCUT2D eigenvalue weighted by Gasteiger charge is -2.25. The van der Waals surface area contributed by atoms with Crippen molar-refractivity contribution in [2.45, 2.75) is 13.0 Å². The fourth-order valence-electron chi connectivity index (χ4n) is 3.23. The van der Waals surface area contributed by atoms with Crippen molar-refractivity contribution in [3.8, 4) is 0 Å². The number of likely N-dealkylation sites (tertiary alicyclic amines) is 1. The van der Waals surface area contributed by atoms with Crippen molar-refractivity contribution < 1.29 is 23.9 Å². The first-order valence-electron chi connectivity index (χ1n) is 8.74. The lowest BCUT2D eigenvalue weighted by Crippen LogP contribution is -2.37. The zero-order valence-corrected chi connectivity index (χ0v) is 15.2. The van der Waals surface area contributed by atoms with Crippen molar-refractivity contribution in [3.63, 3.8) is 0 Å². The van der Waals surface area contributed by atoms with E-state index in [1.54, 1.807) is 36.4 Å². The SMILES string of the molecule is CC(=O)NCCN1C(=O)C(=O)/C(=C(/O)c2ccccc2)[C@@H]1c1ccccc1F. The van der Waals surface area contributed by atoms with Crippen LogP contribution in [0.5, 0.6) is 0 Å². The van der Waals surface area contributed by atoms with E-state index in [1.807, 2.05) is 0 Å². The Morgan fingerprint density at radius 1 is 1.11 bits per heavy atom. The van der Waals surface area contributed by atoms with E-state index < -0.39 is 23.5 Å². The number of halogens is 1. The van der Waals surface area contributed by atoms with Crippen LogP contribution < -0.4 is 5.32 Å². The average Bonchev–Trinajstić information content (AvgIpc) is 2.93. The van der Waals surface area contributed by atoms with E-state index in [0.29, 0.717) is 5.56 Å². The molecule has 0 aliphatic carbocycles. The minimum absolute atomic E-state index is 0.00523. The summed E-state index contributed by atoms with van der Waals surface area (Å²) in [4.78, 5) is 37.6. The first kappa shape index (κ1) is 19.3. The average molecular weight is 382 g/mol. The Balaban J connectivity index is 2.11. The van der Waals surface area contributed by atoms with Gasteiger partial charge in [-0.15, -0.1) is 0 Å². The van der Waals surface area contributed by atoms with Crippen molar-refractivity contribution in [3.05, 3.63) is 77.1 Å². The van der Waals surface area contributed by atoms with Crippen LogP contribution >= 0.6 is 0 Å². The molecule has 3 rings (SSSR count). The Morgan fingerprint density at radius 2 is 1.75 bits per heavy atom. The lowest BCUT2D eigenvalue weighted by atomic mass is 9.95. The number of ketones is 1. The monoisotopic (exact) mass is 382 g/mol. The maximum atomic E-state index is 14.5. The van der Waals surface area contributed by atoms with Gasteiger partial charge in [-0.05, 0) is 6.07 Å². The predicted molar refractivity (Wildman–Crippen MR) is 101 cm³/mol. The van der Waals surface area contributed by atoms with Crippen LogP contribution in [-0.2, 0) is 14.4 Å². The number of Topliss-reactive ketones (excluding diaryl/α,β-unsaturated/α-hetero) is 1. The molecule has 0 radical (unpaired) electrons. The molecule has 2 aromatic carbocycles. The van der Waals surface area contributed by atoms with Crippen molar-refractivity contribution in [1.29, 1.82) is 0 Å². The molecule has 2 aromatic rings. The number of nitrogens with one attached hydrogen (secondary N) is 1. The Morgan fingerprint density at radius 3 is 2.39 bits per heavy atom. The second-order valence-corrected chi connectivity index (χ2v) is 6.36. The van der Waals surface area contributed by atoms with Crippen molar-refractivity contribution in [2.24, 2.45) is 0 Å². The first-order chi connectivity index (χ1) is 13.4. The van der Waals surface area contributed by atoms with E-state index in [4.69, 9.17) is 0 Å². The molecule has 0 bridgehead atoms. The van der Waals surface area contributed by atoms with Gasteiger partial charge in [0.2, 0.25) is 5.91 Å². The fraction of sp³-hybridized carbons (Fsp3) is 0.190. The third-order valence-corrected chi connectivity index (χ3v) is 4.51. The summed E-state index contributed by atoms with van der Waals surface area (Å²) in [6.07, 6.45) is 0. The molecule has 2 amide bonds. The second kappa shape index (κ2) is 8.04. The summed E-state index contributed by atoms with van der Waals surface area (Å²) in [5.74, 6) is -3.00. The highest BCUT2D eigenvalue weighted by Gasteiger charge is 2.46. The highest BCUT2D eigenvalue weighted by Crippen LogP contribution is 2.39. The fourth-order valence-corrected chi connectivity index (χ4v) is 3.23. The van der Waals surface area contributed by atoms with E-state index in [0.717, 1.165) is 0 Å². The van der Waals surface area contributed by atoms with Crippen LogP contribution in [0.25, 0.3) is 5.76 Å². The normalized spacial score (nSPS) is 18.4. The second-order valence-electron chi connectivity index (χ2n) is 6.36. The maximum Gasteiger partial charge on any atom is 0.295 e. The summed E-state index contributed by atoms with van der Waals surface area (Å²) in [7, 11) is 0. The summed E-state index contributed by atoms with van der Waals surface area (Å²) < 4.78 is 14.5. The molecule has 0 spiro atoms. The van der Waals surface area contributed by atoms with Crippen LogP contribution in [0, 0.1) is 5.82 Å².